The summed E-state index contributed by atoms with van der Waals surface area (Å²) < 4.78 is 31.1. The number of ketones is 1. The zero-order valence-electron chi connectivity index (χ0n) is 30.7. The summed E-state index contributed by atoms with van der Waals surface area (Å²) >= 11 is 0. The number of rotatable bonds is 19. The van der Waals surface area contributed by atoms with Crippen molar-refractivity contribution in [1.82, 2.24) is 25.1 Å². The van der Waals surface area contributed by atoms with Gasteiger partial charge in [0, 0.05) is 37.8 Å². The molecule has 0 fully saturated rings. The van der Waals surface area contributed by atoms with Crippen molar-refractivity contribution in [2.45, 2.75) is 91.4 Å². The second-order valence-electron chi connectivity index (χ2n) is 14.4. The fraction of sp³-hybridized carbons (Fsp3) is 0.500. The van der Waals surface area contributed by atoms with Crippen LogP contribution >= 0.6 is 0 Å². The number of benzene rings is 2. The fourth-order valence-electron chi connectivity index (χ4n) is 6.02. The third-order valence-electron chi connectivity index (χ3n) is 8.81. The summed E-state index contributed by atoms with van der Waals surface area (Å²) in [6, 6.07) is 9.59. The number of carbonyl (C=O) groups excluding carboxylic acids is 4. The first kappa shape index (κ1) is 41.7. The van der Waals surface area contributed by atoms with Crippen LogP contribution in [0.2, 0.25) is 0 Å². The number of nitrogens with one attached hydrogen (secondary N) is 2. The van der Waals surface area contributed by atoms with Gasteiger partial charge in [0.1, 0.15) is 24.1 Å². The Balaban J connectivity index is 1.89. The first-order chi connectivity index (χ1) is 24.5. The van der Waals surface area contributed by atoms with E-state index in [4.69, 9.17) is 16.5 Å². The van der Waals surface area contributed by atoms with E-state index in [9.17, 15) is 33.1 Å². The number of hydrogen-bond acceptors (Lipinski definition) is 7. The number of imidazole rings is 1. The molecule has 7 N–H and O–H groups in total. The SMILES string of the molecule is CC(C)[C@H](N)C(=O)N[C@@H](CCCNC(N)=O)C(=O)CCCCN(C(=O)CO)[C@@H](c1nc(-c2cc(F)ccc2F)cn1Cc1ccccc1)C(C)(C)C. The average Bonchev–Trinajstić information content (AvgIpc) is 3.49. The Kier molecular flexibility index (Phi) is 15.4. The van der Waals surface area contributed by atoms with Crippen molar-refractivity contribution >= 4 is 23.6 Å². The standard InChI is InChI=1S/C38H53F2N7O5/c1-24(2)33(41)36(51)45-29(14-11-18-43-37(42)52)31(49)15-9-10-19-47(32(50)23-48)34(38(3,4)5)35-44-30(27-20-26(39)16-17-28(27)40)22-46(35)21-25-12-7-6-8-13-25/h6-8,12-13,16-17,20,22,24,29,33-34,48H,9-11,14-15,18-19,21,23,41H2,1-5H3,(H,45,51)(H3,42,43,52)/t29-,33-,34-/m0/s1. The first-order valence-corrected chi connectivity index (χ1v) is 17.6. The Bertz CT molecular complexity index is 1660. The van der Waals surface area contributed by atoms with Crippen molar-refractivity contribution in [3.05, 3.63) is 77.8 Å². The van der Waals surface area contributed by atoms with Gasteiger partial charge in [0.15, 0.2) is 5.78 Å². The molecule has 0 unspecified atom stereocenters. The van der Waals surface area contributed by atoms with Gasteiger partial charge in [-0.1, -0.05) is 65.0 Å². The maximum absolute atomic E-state index is 15.0. The highest BCUT2D eigenvalue weighted by molar-refractivity contribution is 5.90. The molecular weight excluding hydrogens is 672 g/mol. The molecule has 3 atom stereocenters. The van der Waals surface area contributed by atoms with Crippen LogP contribution in [0.3, 0.4) is 0 Å². The molecule has 0 saturated carbocycles. The monoisotopic (exact) mass is 725 g/mol. The number of primary amides is 1. The van der Waals surface area contributed by atoms with Crippen molar-refractivity contribution in [3.8, 4) is 11.3 Å². The van der Waals surface area contributed by atoms with Gasteiger partial charge in [-0.15, -0.1) is 0 Å². The normalized spacial score (nSPS) is 13.3. The molecule has 2 aromatic carbocycles. The van der Waals surface area contributed by atoms with E-state index in [0.717, 1.165) is 23.8 Å². The highest BCUT2D eigenvalue weighted by Gasteiger charge is 2.38. The highest BCUT2D eigenvalue weighted by atomic mass is 19.1. The molecule has 0 spiro atoms. The molecular formula is C38H53F2N7O5. The topological polar surface area (TPSA) is 186 Å². The second kappa shape index (κ2) is 19.2. The van der Waals surface area contributed by atoms with E-state index < -0.39 is 59.6 Å². The van der Waals surface area contributed by atoms with Crippen LogP contribution in [0.5, 0.6) is 0 Å². The van der Waals surface area contributed by atoms with Gasteiger partial charge >= 0.3 is 6.03 Å². The number of unbranched alkanes of at least 4 members (excludes halogenated alkanes) is 1. The van der Waals surface area contributed by atoms with Crippen LogP contribution in [0, 0.1) is 23.0 Å². The number of hydrogen-bond donors (Lipinski definition) is 5. The van der Waals surface area contributed by atoms with Crippen molar-refractivity contribution < 1.29 is 33.1 Å². The number of halogens is 2. The Hall–Kier alpha value is -4.69. The van der Waals surface area contributed by atoms with E-state index in [-0.39, 0.29) is 48.9 Å². The maximum Gasteiger partial charge on any atom is 0.312 e. The van der Waals surface area contributed by atoms with Gasteiger partial charge in [0.05, 0.1) is 23.8 Å². The zero-order valence-corrected chi connectivity index (χ0v) is 30.7. The number of aliphatic hydroxyl groups excluding tert-OH is 1. The molecule has 1 heterocycles. The Labute approximate surface area is 304 Å². The van der Waals surface area contributed by atoms with E-state index in [1.165, 1.54) is 4.90 Å². The molecule has 284 valence electrons. The number of urea groups is 1. The van der Waals surface area contributed by atoms with E-state index >= 15 is 0 Å². The summed E-state index contributed by atoms with van der Waals surface area (Å²) in [6.07, 6.45) is 3.08. The fourth-order valence-corrected chi connectivity index (χ4v) is 6.02. The van der Waals surface area contributed by atoms with Crippen LogP contribution in [0.1, 0.15) is 84.2 Å². The minimum absolute atomic E-state index is 0.0272. The quantitative estimate of drug-likeness (QED) is 0.113. The van der Waals surface area contributed by atoms with Crippen LogP contribution < -0.4 is 22.1 Å². The van der Waals surface area contributed by atoms with Gasteiger partial charge in [-0.05, 0) is 60.8 Å². The van der Waals surface area contributed by atoms with Crippen molar-refractivity contribution in [2.75, 3.05) is 19.7 Å². The van der Waals surface area contributed by atoms with Gasteiger partial charge in [-0.25, -0.2) is 18.6 Å². The molecule has 4 amide bonds. The molecule has 0 aliphatic rings. The third kappa shape index (κ3) is 11.9. The molecule has 14 heteroatoms. The molecule has 52 heavy (non-hydrogen) atoms. The molecule has 0 saturated heterocycles. The van der Waals surface area contributed by atoms with Crippen LogP contribution in [0.4, 0.5) is 13.6 Å². The average molecular weight is 726 g/mol. The van der Waals surface area contributed by atoms with Crippen LogP contribution in [-0.2, 0) is 20.9 Å². The Morgan fingerprint density at radius 1 is 1.02 bits per heavy atom. The van der Waals surface area contributed by atoms with Crippen LogP contribution in [0.15, 0.2) is 54.7 Å². The lowest BCUT2D eigenvalue weighted by molar-refractivity contribution is -0.139. The van der Waals surface area contributed by atoms with Gasteiger partial charge in [0.2, 0.25) is 11.8 Å². The Morgan fingerprint density at radius 3 is 2.33 bits per heavy atom. The zero-order chi connectivity index (χ0) is 38.6. The van der Waals surface area contributed by atoms with Gasteiger partial charge in [-0.2, -0.15) is 0 Å². The molecule has 12 nitrogen and oxygen atoms in total. The first-order valence-electron chi connectivity index (χ1n) is 17.6. The Morgan fingerprint density at radius 2 is 1.71 bits per heavy atom. The third-order valence-corrected chi connectivity index (χ3v) is 8.81. The predicted molar refractivity (Wildman–Crippen MR) is 195 cm³/mol. The lowest BCUT2D eigenvalue weighted by atomic mass is 9.84. The van der Waals surface area contributed by atoms with Crippen molar-refractivity contribution in [1.29, 1.82) is 0 Å². The summed E-state index contributed by atoms with van der Waals surface area (Å²) in [7, 11) is 0. The number of carbonyl (C=O) groups is 4. The summed E-state index contributed by atoms with van der Waals surface area (Å²) in [6.45, 7) is 9.29. The van der Waals surface area contributed by atoms with Crippen LogP contribution in [0.25, 0.3) is 11.3 Å². The number of aromatic nitrogens is 2. The second-order valence-corrected chi connectivity index (χ2v) is 14.4. The van der Waals surface area contributed by atoms with Crippen molar-refractivity contribution in [2.24, 2.45) is 22.8 Å². The molecule has 0 radical (unpaired) electrons. The van der Waals surface area contributed by atoms with Crippen LogP contribution in [-0.4, -0.2) is 75.0 Å². The number of nitrogens with zero attached hydrogens (tertiary/aromatic N) is 3. The van der Waals surface area contributed by atoms with Crippen molar-refractivity contribution in [3.63, 3.8) is 0 Å². The molecule has 0 aliphatic heterocycles. The van der Waals surface area contributed by atoms with E-state index in [0.29, 0.717) is 31.6 Å². The van der Waals surface area contributed by atoms with Gasteiger partial charge in [-0.3, -0.25) is 14.4 Å². The van der Waals surface area contributed by atoms with E-state index in [2.05, 4.69) is 10.6 Å². The lowest BCUT2D eigenvalue weighted by Gasteiger charge is -2.40. The smallest absolute Gasteiger partial charge is 0.312 e. The minimum Gasteiger partial charge on any atom is -0.387 e. The van der Waals surface area contributed by atoms with Gasteiger partial charge in [0.25, 0.3) is 0 Å². The lowest BCUT2D eigenvalue weighted by Crippen LogP contribution is -2.50. The number of amides is 4. The summed E-state index contributed by atoms with van der Waals surface area (Å²) in [5.41, 5.74) is 11.6. The van der Waals surface area contributed by atoms with Gasteiger partial charge < -0.3 is 36.7 Å². The number of Topliss-reactive ketones (excluding diaryl/α,β-unsaturated/α-hetero) is 1. The minimum atomic E-state index is -0.836. The highest BCUT2D eigenvalue weighted by Crippen LogP contribution is 2.39. The molecule has 0 aliphatic carbocycles. The molecule has 1 aromatic heterocycles. The molecule has 0 bridgehead atoms. The number of nitrogens with two attached hydrogens (primary N) is 2. The largest absolute Gasteiger partial charge is 0.387 e. The van der Waals surface area contributed by atoms with E-state index in [1.807, 2.05) is 55.7 Å². The summed E-state index contributed by atoms with van der Waals surface area (Å²) in [4.78, 5) is 57.0. The summed E-state index contributed by atoms with van der Waals surface area (Å²) in [5, 5.41) is 15.3. The number of aliphatic hydroxyl groups is 1. The summed E-state index contributed by atoms with van der Waals surface area (Å²) in [5.74, 6) is -2.24. The predicted octanol–water partition coefficient (Wildman–Crippen LogP) is 4.44. The maximum atomic E-state index is 15.0. The molecule has 3 aromatic rings. The van der Waals surface area contributed by atoms with E-state index in [1.54, 1.807) is 20.0 Å². The molecule has 3 rings (SSSR count).